The summed E-state index contributed by atoms with van der Waals surface area (Å²) in [5.74, 6) is 0.0555. The van der Waals surface area contributed by atoms with E-state index in [1.807, 2.05) is 62.4 Å². The summed E-state index contributed by atoms with van der Waals surface area (Å²) < 4.78 is 1.01. The Morgan fingerprint density at radius 2 is 1.79 bits per heavy atom. The van der Waals surface area contributed by atoms with Crippen molar-refractivity contribution in [2.75, 3.05) is 18.4 Å². The predicted octanol–water partition coefficient (Wildman–Crippen LogP) is 4.71. The van der Waals surface area contributed by atoms with Crippen LogP contribution < -0.4 is 10.6 Å². The van der Waals surface area contributed by atoms with Crippen molar-refractivity contribution in [3.63, 3.8) is 0 Å². The Morgan fingerprint density at radius 3 is 2.43 bits per heavy atom. The zero-order chi connectivity index (χ0) is 20.1. The number of rotatable bonds is 4. The number of benzene rings is 2. The molecule has 1 fully saturated rings. The van der Waals surface area contributed by atoms with Crippen molar-refractivity contribution in [1.82, 2.24) is 10.2 Å². The molecule has 148 valence electrons. The SMILES string of the molecule is Cc1cc(NC(=O)N2CCC(C)(C(=O)NCc3ccccc3)CC2)ccc1Br. The van der Waals surface area contributed by atoms with Gasteiger partial charge in [0.1, 0.15) is 0 Å². The van der Waals surface area contributed by atoms with Crippen LogP contribution in [0.3, 0.4) is 0 Å². The predicted molar refractivity (Wildman–Crippen MR) is 115 cm³/mol. The van der Waals surface area contributed by atoms with Crippen LogP contribution in [-0.4, -0.2) is 29.9 Å². The van der Waals surface area contributed by atoms with Gasteiger partial charge in [0.05, 0.1) is 0 Å². The average Bonchev–Trinajstić information content (AvgIpc) is 2.70. The highest BCUT2D eigenvalue weighted by molar-refractivity contribution is 9.10. The number of carbonyl (C=O) groups excluding carboxylic acids is 2. The third-order valence-electron chi connectivity index (χ3n) is 5.41. The first kappa shape index (κ1) is 20.4. The number of amides is 3. The number of nitrogens with zero attached hydrogens (tertiary/aromatic N) is 1. The average molecular weight is 444 g/mol. The number of hydrogen-bond acceptors (Lipinski definition) is 2. The molecule has 1 saturated heterocycles. The Bertz CT molecular complexity index is 846. The van der Waals surface area contributed by atoms with E-state index in [-0.39, 0.29) is 11.9 Å². The van der Waals surface area contributed by atoms with Gasteiger partial charge in [0.25, 0.3) is 0 Å². The second-order valence-electron chi connectivity index (χ2n) is 7.61. The summed E-state index contributed by atoms with van der Waals surface area (Å²) in [6.07, 6.45) is 1.31. The third-order valence-corrected chi connectivity index (χ3v) is 6.30. The molecule has 1 heterocycles. The molecule has 0 radical (unpaired) electrons. The second kappa shape index (κ2) is 8.78. The maximum absolute atomic E-state index is 12.7. The highest BCUT2D eigenvalue weighted by atomic mass is 79.9. The zero-order valence-corrected chi connectivity index (χ0v) is 17.9. The van der Waals surface area contributed by atoms with E-state index in [1.165, 1.54) is 0 Å². The first-order valence-corrected chi connectivity index (χ1v) is 10.3. The lowest BCUT2D eigenvalue weighted by Crippen LogP contribution is -2.49. The largest absolute Gasteiger partial charge is 0.352 e. The van der Waals surface area contributed by atoms with E-state index >= 15 is 0 Å². The summed E-state index contributed by atoms with van der Waals surface area (Å²) in [6.45, 7) is 5.64. The Morgan fingerprint density at radius 1 is 1.11 bits per heavy atom. The van der Waals surface area contributed by atoms with Crippen LogP contribution in [0.5, 0.6) is 0 Å². The lowest BCUT2D eigenvalue weighted by molar-refractivity contribution is -0.132. The van der Waals surface area contributed by atoms with Crippen molar-refractivity contribution >= 4 is 33.6 Å². The normalized spacial score (nSPS) is 15.8. The Balaban J connectivity index is 1.51. The van der Waals surface area contributed by atoms with Gasteiger partial charge >= 0.3 is 6.03 Å². The molecule has 28 heavy (non-hydrogen) atoms. The molecule has 0 unspecified atom stereocenters. The van der Waals surface area contributed by atoms with Crippen LogP contribution in [0, 0.1) is 12.3 Å². The lowest BCUT2D eigenvalue weighted by atomic mass is 9.79. The van der Waals surface area contributed by atoms with Gasteiger partial charge in [-0.2, -0.15) is 0 Å². The first-order chi connectivity index (χ1) is 13.4. The minimum atomic E-state index is -0.445. The van der Waals surface area contributed by atoms with E-state index in [0.29, 0.717) is 32.5 Å². The number of halogens is 1. The molecule has 0 saturated carbocycles. The fourth-order valence-corrected chi connectivity index (χ4v) is 3.59. The quantitative estimate of drug-likeness (QED) is 0.718. The minimum Gasteiger partial charge on any atom is -0.352 e. The van der Waals surface area contributed by atoms with Gasteiger partial charge in [0, 0.05) is 35.2 Å². The number of hydrogen-bond donors (Lipinski definition) is 2. The van der Waals surface area contributed by atoms with Crippen molar-refractivity contribution in [2.45, 2.75) is 33.2 Å². The van der Waals surface area contributed by atoms with Gasteiger partial charge in [-0.1, -0.05) is 53.2 Å². The third kappa shape index (κ3) is 4.93. The van der Waals surface area contributed by atoms with Crippen LogP contribution in [0.2, 0.25) is 0 Å². The van der Waals surface area contributed by atoms with Crippen LogP contribution in [0.25, 0.3) is 0 Å². The molecule has 1 aliphatic rings. The zero-order valence-electron chi connectivity index (χ0n) is 16.3. The summed E-state index contributed by atoms with van der Waals surface area (Å²) >= 11 is 3.46. The second-order valence-corrected chi connectivity index (χ2v) is 8.46. The van der Waals surface area contributed by atoms with E-state index in [0.717, 1.165) is 21.3 Å². The van der Waals surface area contributed by atoms with Gasteiger partial charge in [-0.05, 0) is 49.1 Å². The van der Waals surface area contributed by atoms with Crippen LogP contribution in [0.15, 0.2) is 53.0 Å². The standard InChI is InChI=1S/C22H26BrN3O2/c1-16-14-18(8-9-19(16)23)25-21(28)26-12-10-22(2,11-13-26)20(27)24-15-17-6-4-3-5-7-17/h3-9,14H,10-13,15H2,1-2H3,(H,24,27)(H,25,28). The van der Waals surface area contributed by atoms with Crippen LogP contribution in [0.1, 0.15) is 30.9 Å². The van der Waals surface area contributed by atoms with Gasteiger partial charge in [0.2, 0.25) is 5.91 Å². The molecule has 6 heteroatoms. The minimum absolute atomic E-state index is 0.0555. The molecule has 0 aliphatic carbocycles. The van der Waals surface area contributed by atoms with E-state index < -0.39 is 5.41 Å². The van der Waals surface area contributed by atoms with Crippen molar-refractivity contribution in [1.29, 1.82) is 0 Å². The molecule has 3 amide bonds. The van der Waals surface area contributed by atoms with Crippen molar-refractivity contribution in [3.05, 3.63) is 64.1 Å². The van der Waals surface area contributed by atoms with E-state index in [4.69, 9.17) is 0 Å². The Hall–Kier alpha value is -2.34. The number of aryl methyl sites for hydroxylation is 1. The molecule has 2 aromatic carbocycles. The van der Waals surface area contributed by atoms with Crippen LogP contribution >= 0.6 is 15.9 Å². The summed E-state index contributed by atoms with van der Waals surface area (Å²) in [7, 11) is 0. The van der Waals surface area contributed by atoms with Crippen molar-refractivity contribution < 1.29 is 9.59 Å². The summed E-state index contributed by atoms with van der Waals surface area (Å²) in [4.78, 5) is 27.0. The van der Waals surface area contributed by atoms with Gasteiger partial charge in [-0.15, -0.1) is 0 Å². The smallest absolute Gasteiger partial charge is 0.321 e. The van der Waals surface area contributed by atoms with Crippen LogP contribution in [0.4, 0.5) is 10.5 Å². The van der Waals surface area contributed by atoms with Crippen molar-refractivity contribution in [2.24, 2.45) is 5.41 Å². The molecule has 0 spiro atoms. The molecule has 2 aromatic rings. The van der Waals surface area contributed by atoms with Crippen molar-refractivity contribution in [3.8, 4) is 0 Å². The van der Waals surface area contributed by atoms with E-state index in [2.05, 4.69) is 26.6 Å². The highest BCUT2D eigenvalue weighted by Gasteiger charge is 2.37. The fourth-order valence-electron chi connectivity index (χ4n) is 3.35. The molecule has 2 N–H and O–H groups in total. The Kier molecular flexibility index (Phi) is 6.39. The first-order valence-electron chi connectivity index (χ1n) is 9.52. The molecule has 0 bridgehead atoms. The summed E-state index contributed by atoms with van der Waals surface area (Å²) in [5, 5.41) is 5.99. The highest BCUT2D eigenvalue weighted by Crippen LogP contribution is 2.31. The van der Waals surface area contributed by atoms with Gasteiger partial charge < -0.3 is 15.5 Å². The molecule has 3 rings (SSSR count). The topological polar surface area (TPSA) is 61.4 Å². The number of piperidine rings is 1. The van der Waals surface area contributed by atoms with Gasteiger partial charge in [-0.3, -0.25) is 4.79 Å². The monoisotopic (exact) mass is 443 g/mol. The maximum atomic E-state index is 12.7. The number of urea groups is 1. The number of anilines is 1. The van der Waals surface area contributed by atoms with Crippen LogP contribution in [-0.2, 0) is 11.3 Å². The van der Waals surface area contributed by atoms with Gasteiger partial charge in [0.15, 0.2) is 0 Å². The number of carbonyl (C=O) groups is 2. The van der Waals surface area contributed by atoms with Gasteiger partial charge in [-0.25, -0.2) is 4.79 Å². The lowest BCUT2D eigenvalue weighted by Gasteiger charge is -2.38. The maximum Gasteiger partial charge on any atom is 0.321 e. The number of likely N-dealkylation sites (tertiary alicyclic amines) is 1. The molecular formula is C22H26BrN3O2. The summed E-state index contributed by atoms with van der Waals surface area (Å²) in [6, 6.07) is 15.5. The molecule has 0 atom stereocenters. The van der Waals surface area contributed by atoms with E-state index in [1.54, 1.807) is 4.90 Å². The summed E-state index contributed by atoms with van der Waals surface area (Å²) in [5.41, 5.74) is 2.49. The Labute approximate surface area is 174 Å². The molecule has 1 aliphatic heterocycles. The molecule has 5 nitrogen and oxygen atoms in total. The number of nitrogens with one attached hydrogen (secondary N) is 2. The molecular weight excluding hydrogens is 418 g/mol. The fraction of sp³-hybridized carbons (Fsp3) is 0.364. The van der Waals surface area contributed by atoms with E-state index in [9.17, 15) is 9.59 Å². The molecule has 0 aromatic heterocycles.